The number of ether oxygens (including phenoxy) is 3. The average molecular weight is 441 g/mol. The molecular weight excluding hydrogens is 419 g/mol. The third kappa shape index (κ3) is 6.25. The lowest BCUT2D eigenvalue weighted by atomic mass is 10.0. The van der Waals surface area contributed by atoms with Crippen LogP contribution in [-0.2, 0) is 21.0 Å². The van der Waals surface area contributed by atoms with E-state index in [0.29, 0.717) is 33.7 Å². The van der Waals surface area contributed by atoms with E-state index in [9.17, 15) is 4.79 Å². The van der Waals surface area contributed by atoms with Gasteiger partial charge in [0.2, 0.25) is 0 Å². The van der Waals surface area contributed by atoms with Gasteiger partial charge in [0, 0.05) is 31.4 Å². The van der Waals surface area contributed by atoms with Gasteiger partial charge in [0.05, 0.1) is 10.0 Å². The van der Waals surface area contributed by atoms with E-state index in [-0.39, 0.29) is 25.0 Å². The van der Waals surface area contributed by atoms with Crippen LogP contribution in [0.25, 0.3) is 0 Å². The van der Waals surface area contributed by atoms with Crippen LogP contribution in [0.1, 0.15) is 18.1 Å². The van der Waals surface area contributed by atoms with Gasteiger partial charge in [-0.25, -0.2) is 0 Å². The second kappa shape index (κ2) is 11.5. The summed E-state index contributed by atoms with van der Waals surface area (Å²) in [5, 5.41) is 6.97. The molecule has 2 rings (SSSR count). The lowest BCUT2D eigenvalue weighted by Crippen LogP contribution is -2.29. The van der Waals surface area contributed by atoms with Crippen molar-refractivity contribution in [1.82, 2.24) is 5.32 Å². The number of hydrogen-bond donors (Lipinski definition) is 1. The molecule has 0 saturated carbocycles. The van der Waals surface area contributed by atoms with E-state index in [4.69, 9.17) is 42.3 Å². The van der Waals surface area contributed by atoms with Gasteiger partial charge >= 0.3 is 0 Å². The van der Waals surface area contributed by atoms with Crippen molar-refractivity contribution in [3.8, 4) is 11.5 Å². The van der Waals surface area contributed by atoms with Crippen molar-refractivity contribution in [2.24, 2.45) is 5.16 Å². The highest BCUT2D eigenvalue weighted by Gasteiger charge is 2.18. The number of nitrogens with zero attached hydrogens (tertiary/aromatic N) is 1. The number of hydrogen-bond acceptors (Lipinski definition) is 6. The smallest absolute Gasteiger partial charge is 0.273 e. The second-order valence-electron chi connectivity index (χ2n) is 5.62. The Hall–Kier alpha value is -2.48. The Morgan fingerprint density at radius 3 is 2.45 bits per heavy atom. The van der Waals surface area contributed by atoms with Gasteiger partial charge in [-0.05, 0) is 12.5 Å². The maximum Gasteiger partial charge on any atom is 0.273 e. The Bertz CT molecular complexity index is 851. The highest BCUT2D eigenvalue weighted by molar-refractivity contribution is 6.45. The first kappa shape index (κ1) is 22.8. The van der Waals surface area contributed by atoms with Gasteiger partial charge in [-0.1, -0.05) is 52.6 Å². The predicted octanol–water partition coefficient (Wildman–Crippen LogP) is 4.04. The summed E-state index contributed by atoms with van der Waals surface area (Å²) < 4.78 is 16.4. The van der Waals surface area contributed by atoms with Gasteiger partial charge in [0.1, 0.15) is 19.5 Å². The summed E-state index contributed by atoms with van der Waals surface area (Å²) in [6.45, 7) is 2.57. The fourth-order valence-electron chi connectivity index (χ4n) is 2.40. The van der Waals surface area contributed by atoms with Crippen LogP contribution in [0.5, 0.6) is 11.5 Å². The summed E-state index contributed by atoms with van der Waals surface area (Å²) in [5.74, 6) is 0.397. The molecule has 0 aliphatic carbocycles. The molecule has 1 amide bonds. The first-order valence-corrected chi connectivity index (χ1v) is 9.51. The molecule has 156 valence electrons. The molecule has 0 unspecified atom stereocenters. The van der Waals surface area contributed by atoms with Crippen LogP contribution in [0.3, 0.4) is 0 Å². The molecular formula is C20H22Cl2N2O5. The Balaban J connectivity index is 2.20. The Morgan fingerprint density at radius 2 is 1.83 bits per heavy atom. The van der Waals surface area contributed by atoms with Crippen molar-refractivity contribution in [3.63, 3.8) is 0 Å². The summed E-state index contributed by atoms with van der Waals surface area (Å²) in [6.07, 6.45) is 0. The van der Waals surface area contributed by atoms with E-state index in [2.05, 4.69) is 10.5 Å². The van der Waals surface area contributed by atoms with Gasteiger partial charge in [-0.2, -0.15) is 0 Å². The van der Waals surface area contributed by atoms with Gasteiger partial charge in [0.25, 0.3) is 5.91 Å². The zero-order valence-corrected chi connectivity index (χ0v) is 17.8. The molecule has 0 saturated heterocycles. The van der Waals surface area contributed by atoms with E-state index in [0.717, 1.165) is 5.56 Å². The van der Waals surface area contributed by atoms with Gasteiger partial charge in [0.15, 0.2) is 18.3 Å². The van der Waals surface area contributed by atoms with E-state index in [1.54, 1.807) is 24.3 Å². The van der Waals surface area contributed by atoms with Crippen molar-refractivity contribution >= 4 is 34.8 Å². The third-order valence-corrected chi connectivity index (χ3v) is 4.32. The summed E-state index contributed by atoms with van der Waals surface area (Å²) in [5.41, 5.74) is 1.46. The Morgan fingerprint density at radius 1 is 1.14 bits per heavy atom. The van der Waals surface area contributed by atoms with Crippen molar-refractivity contribution in [1.29, 1.82) is 0 Å². The zero-order valence-electron chi connectivity index (χ0n) is 16.3. The topological polar surface area (TPSA) is 78.4 Å². The van der Waals surface area contributed by atoms with E-state index >= 15 is 0 Å². The van der Waals surface area contributed by atoms with Crippen LogP contribution < -0.4 is 14.8 Å². The van der Waals surface area contributed by atoms with Crippen molar-refractivity contribution in [2.45, 2.75) is 13.5 Å². The SMILES string of the molecule is CCOCOc1c(Cl)cc(OCc2ccccc2C(=NOC)C(=O)NC)cc1Cl. The number of amides is 1. The molecule has 2 aromatic carbocycles. The summed E-state index contributed by atoms with van der Waals surface area (Å²) in [7, 11) is 2.90. The second-order valence-corrected chi connectivity index (χ2v) is 6.43. The molecule has 0 bridgehead atoms. The molecule has 0 aliphatic rings. The number of carbonyl (C=O) groups is 1. The molecule has 0 fully saturated rings. The molecule has 1 N–H and O–H groups in total. The number of nitrogens with one attached hydrogen (secondary N) is 1. The van der Waals surface area contributed by atoms with Crippen LogP contribution >= 0.6 is 23.2 Å². The van der Waals surface area contributed by atoms with Crippen LogP contribution in [0.2, 0.25) is 10.0 Å². The lowest BCUT2D eigenvalue weighted by molar-refractivity contribution is -0.114. The predicted molar refractivity (Wildman–Crippen MR) is 112 cm³/mol. The maximum absolute atomic E-state index is 12.1. The molecule has 0 heterocycles. The van der Waals surface area contributed by atoms with Gasteiger partial charge in [-0.3, -0.25) is 4.79 Å². The Labute approximate surface area is 179 Å². The monoisotopic (exact) mass is 440 g/mol. The van der Waals surface area contributed by atoms with E-state index in [1.807, 2.05) is 19.1 Å². The third-order valence-electron chi connectivity index (χ3n) is 3.75. The zero-order chi connectivity index (χ0) is 21.2. The number of likely N-dealkylation sites (N-methyl/N-ethyl adjacent to an activating group) is 1. The van der Waals surface area contributed by atoms with Crippen LogP contribution in [0.15, 0.2) is 41.6 Å². The van der Waals surface area contributed by atoms with Crippen LogP contribution in [0.4, 0.5) is 0 Å². The number of oxime groups is 1. The summed E-state index contributed by atoms with van der Waals surface area (Å²) >= 11 is 12.5. The quantitative estimate of drug-likeness (QED) is 0.261. The minimum absolute atomic E-state index is 0.0463. The molecule has 0 radical (unpaired) electrons. The highest BCUT2D eigenvalue weighted by Crippen LogP contribution is 2.37. The minimum atomic E-state index is -0.374. The van der Waals surface area contributed by atoms with Crippen LogP contribution in [-0.4, -0.2) is 39.2 Å². The first-order valence-electron chi connectivity index (χ1n) is 8.75. The van der Waals surface area contributed by atoms with Crippen molar-refractivity contribution < 1.29 is 23.8 Å². The normalized spacial score (nSPS) is 11.1. The van der Waals surface area contributed by atoms with Crippen LogP contribution in [0, 0.1) is 0 Å². The lowest BCUT2D eigenvalue weighted by Gasteiger charge is -2.14. The molecule has 0 spiro atoms. The first-order chi connectivity index (χ1) is 14.0. The minimum Gasteiger partial charge on any atom is -0.489 e. The number of halogens is 2. The molecule has 0 atom stereocenters. The van der Waals surface area contributed by atoms with E-state index in [1.165, 1.54) is 14.2 Å². The fourth-order valence-corrected chi connectivity index (χ4v) is 2.98. The van der Waals surface area contributed by atoms with Gasteiger partial charge in [-0.15, -0.1) is 0 Å². The largest absolute Gasteiger partial charge is 0.489 e. The molecule has 9 heteroatoms. The molecule has 0 aromatic heterocycles. The summed E-state index contributed by atoms with van der Waals surface area (Å²) in [6, 6.07) is 10.4. The highest BCUT2D eigenvalue weighted by atomic mass is 35.5. The summed E-state index contributed by atoms with van der Waals surface area (Å²) in [4.78, 5) is 17.0. The maximum atomic E-state index is 12.1. The molecule has 0 aliphatic heterocycles. The van der Waals surface area contributed by atoms with Crippen molar-refractivity contribution in [2.75, 3.05) is 27.6 Å². The average Bonchev–Trinajstić information content (AvgIpc) is 2.72. The number of rotatable bonds is 10. The Kier molecular flexibility index (Phi) is 9.05. The van der Waals surface area contributed by atoms with Crippen molar-refractivity contribution in [3.05, 3.63) is 57.6 Å². The fraction of sp³-hybridized carbons (Fsp3) is 0.300. The molecule has 2 aromatic rings. The van der Waals surface area contributed by atoms with E-state index < -0.39 is 0 Å². The van der Waals surface area contributed by atoms with Gasteiger partial charge < -0.3 is 24.4 Å². The molecule has 7 nitrogen and oxygen atoms in total. The molecule has 29 heavy (non-hydrogen) atoms. The number of carbonyl (C=O) groups excluding carboxylic acids is 1. The number of benzene rings is 2. The standard InChI is InChI=1S/C20H22Cl2N2O5/c1-4-27-12-29-19-16(21)9-14(10-17(19)22)28-11-13-7-5-6-8-15(13)18(24-26-3)20(25)23-2/h5-10H,4,11-12H2,1-3H3,(H,23,25).